The van der Waals surface area contributed by atoms with Crippen LogP contribution in [-0.2, 0) is 5.41 Å². The smallest absolute Gasteiger partial charge is 0.419 e. The molecule has 37 heavy (non-hydrogen) atoms. The Morgan fingerprint density at radius 2 is 1.89 bits per heavy atom. The summed E-state index contributed by atoms with van der Waals surface area (Å²) in [6, 6.07) is 9.82. The molecule has 0 spiro atoms. The standard InChI is InChI=1S/C27H31N7O3/c1-16-6-7-19(32-26(35)37-24-17(2)12-21(36-24)27(3,4)5)13-20(16)33-25-28-10-11-34(25)23-14-22(29-15-30-23)31-18-8-9-18/h6-7,10-15,18H,8-9H2,1-5H3,(H,28,33)(H,32,35)(H,29,30,31). The zero-order valence-corrected chi connectivity index (χ0v) is 21.6. The molecule has 1 aromatic carbocycles. The minimum Gasteiger partial charge on any atom is -0.430 e. The molecule has 0 aliphatic heterocycles. The lowest BCUT2D eigenvalue weighted by Crippen LogP contribution is -2.17. The van der Waals surface area contributed by atoms with E-state index in [4.69, 9.17) is 9.15 Å². The zero-order valence-electron chi connectivity index (χ0n) is 21.6. The maximum atomic E-state index is 12.6. The molecule has 1 amide bonds. The first kappa shape index (κ1) is 24.4. The van der Waals surface area contributed by atoms with Gasteiger partial charge in [-0.25, -0.2) is 19.7 Å². The van der Waals surface area contributed by atoms with E-state index in [0.717, 1.165) is 41.2 Å². The van der Waals surface area contributed by atoms with Crippen molar-refractivity contribution in [3.8, 4) is 11.8 Å². The lowest BCUT2D eigenvalue weighted by molar-refractivity contribution is 0.198. The number of ether oxygens (including phenoxy) is 1. The van der Waals surface area contributed by atoms with Gasteiger partial charge in [-0.1, -0.05) is 26.8 Å². The van der Waals surface area contributed by atoms with E-state index < -0.39 is 6.09 Å². The molecule has 0 bridgehead atoms. The zero-order chi connectivity index (χ0) is 26.2. The van der Waals surface area contributed by atoms with Crippen molar-refractivity contribution in [2.75, 3.05) is 16.0 Å². The average Bonchev–Trinajstić information content (AvgIpc) is 3.39. The second-order valence-electron chi connectivity index (χ2n) is 10.3. The first-order valence-corrected chi connectivity index (χ1v) is 12.3. The van der Waals surface area contributed by atoms with Crippen molar-refractivity contribution in [2.45, 2.75) is 58.9 Å². The highest BCUT2D eigenvalue weighted by Gasteiger charge is 2.23. The van der Waals surface area contributed by atoms with E-state index in [0.29, 0.717) is 23.5 Å². The third-order valence-electron chi connectivity index (χ3n) is 6.00. The van der Waals surface area contributed by atoms with Gasteiger partial charge in [0.05, 0.1) is 0 Å². The number of amides is 1. The predicted molar refractivity (Wildman–Crippen MR) is 142 cm³/mol. The van der Waals surface area contributed by atoms with Crippen LogP contribution in [0.2, 0.25) is 0 Å². The summed E-state index contributed by atoms with van der Waals surface area (Å²) in [4.78, 5) is 25.8. The highest BCUT2D eigenvalue weighted by atomic mass is 16.6. The Morgan fingerprint density at radius 3 is 2.62 bits per heavy atom. The van der Waals surface area contributed by atoms with E-state index in [1.54, 1.807) is 6.20 Å². The van der Waals surface area contributed by atoms with E-state index in [-0.39, 0.29) is 11.4 Å². The number of aryl methyl sites for hydroxylation is 2. The van der Waals surface area contributed by atoms with Crippen LogP contribution in [0, 0.1) is 13.8 Å². The van der Waals surface area contributed by atoms with E-state index in [1.165, 1.54) is 6.33 Å². The van der Waals surface area contributed by atoms with Gasteiger partial charge in [0.25, 0.3) is 5.95 Å². The van der Waals surface area contributed by atoms with Gasteiger partial charge in [0.1, 0.15) is 23.7 Å². The maximum Gasteiger partial charge on any atom is 0.419 e. The number of carbonyl (C=O) groups excluding carboxylic acids is 1. The van der Waals surface area contributed by atoms with Crippen molar-refractivity contribution >= 4 is 29.2 Å². The van der Waals surface area contributed by atoms with Gasteiger partial charge in [-0.2, -0.15) is 0 Å². The topological polar surface area (TPSA) is 119 Å². The van der Waals surface area contributed by atoms with Gasteiger partial charge in [-0.15, -0.1) is 0 Å². The SMILES string of the molecule is Cc1ccc(NC(=O)Oc2oc(C(C)(C)C)cc2C)cc1Nc1nccn1-c1cc(NC2CC2)ncn1. The largest absolute Gasteiger partial charge is 0.430 e. The molecule has 5 rings (SSSR count). The van der Waals surface area contributed by atoms with Crippen molar-refractivity contribution in [2.24, 2.45) is 0 Å². The molecular weight excluding hydrogens is 470 g/mol. The number of hydrogen-bond acceptors (Lipinski definition) is 8. The highest BCUT2D eigenvalue weighted by molar-refractivity contribution is 5.87. The number of nitrogens with one attached hydrogen (secondary N) is 3. The van der Waals surface area contributed by atoms with Crippen LogP contribution in [-0.4, -0.2) is 31.7 Å². The number of benzene rings is 1. The normalized spacial score (nSPS) is 13.3. The van der Waals surface area contributed by atoms with Crippen LogP contribution in [0.25, 0.3) is 5.82 Å². The van der Waals surface area contributed by atoms with Crippen molar-refractivity contribution in [3.63, 3.8) is 0 Å². The molecule has 0 atom stereocenters. The van der Waals surface area contributed by atoms with E-state index >= 15 is 0 Å². The minimum absolute atomic E-state index is 0.187. The second kappa shape index (κ2) is 9.61. The summed E-state index contributed by atoms with van der Waals surface area (Å²) < 4.78 is 13.1. The molecule has 3 heterocycles. The van der Waals surface area contributed by atoms with E-state index in [1.807, 2.05) is 75.7 Å². The average molecular weight is 502 g/mol. The fourth-order valence-electron chi connectivity index (χ4n) is 3.69. The van der Waals surface area contributed by atoms with E-state index in [9.17, 15) is 4.79 Å². The third-order valence-corrected chi connectivity index (χ3v) is 6.00. The van der Waals surface area contributed by atoms with Gasteiger partial charge in [-0.3, -0.25) is 9.88 Å². The van der Waals surface area contributed by atoms with Crippen LogP contribution >= 0.6 is 0 Å². The van der Waals surface area contributed by atoms with Gasteiger partial charge in [-0.05, 0) is 50.5 Å². The summed E-state index contributed by atoms with van der Waals surface area (Å²) in [7, 11) is 0. The number of furan rings is 1. The lowest BCUT2D eigenvalue weighted by atomic mass is 9.93. The lowest BCUT2D eigenvalue weighted by Gasteiger charge is -2.14. The summed E-state index contributed by atoms with van der Waals surface area (Å²) in [6.07, 6.45) is 6.76. The molecule has 4 aromatic rings. The summed E-state index contributed by atoms with van der Waals surface area (Å²) in [5.74, 6) is 3.01. The Balaban J connectivity index is 1.30. The van der Waals surface area contributed by atoms with Gasteiger partial charge in [0.2, 0.25) is 5.95 Å². The second-order valence-corrected chi connectivity index (χ2v) is 10.3. The number of rotatable bonds is 7. The fraction of sp³-hybridized carbons (Fsp3) is 0.333. The van der Waals surface area contributed by atoms with Gasteiger partial charge < -0.3 is 19.8 Å². The molecular formula is C27H31N7O3. The molecule has 10 heteroatoms. The van der Waals surface area contributed by atoms with Crippen LogP contribution in [0.15, 0.2) is 53.5 Å². The number of imidazole rings is 1. The summed E-state index contributed by atoms with van der Waals surface area (Å²) in [5.41, 5.74) is 2.89. The van der Waals surface area contributed by atoms with Crippen LogP contribution < -0.4 is 20.7 Å². The van der Waals surface area contributed by atoms with Crippen molar-refractivity contribution < 1.29 is 13.9 Å². The van der Waals surface area contributed by atoms with Crippen LogP contribution in [0.4, 0.5) is 27.9 Å². The molecule has 1 saturated carbocycles. The monoisotopic (exact) mass is 501 g/mol. The molecule has 192 valence electrons. The molecule has 1 aliphatic rings. The molecule has 0 unspecified atom stereocenters. The predicted octanol–water partition coefficient (Wildman–Crippen LogP) is 6.10. The Hall–Kier alpha value is -4.34. The number of carbonyl (C=O) groups is 1. The Labute approximate surface area is 215 Å². The van der Waals surface area contributed by atoms with Crippen LogP contribution in [0.5, 0.6) is 5.95 Å². The van der Waals surface area contributed by atoms with Crippen molar-refractivity contribution in [1.29, 1.82) is 0 Å². The molecule has 3 N–H and O–H groups in total. The molecule has 3 aromatic heterocycles. The number of anilines is 4. The molecule has 0 radical (unpaired) electrons. The molecule has 0 saturated heterocycles. The summed E-state index contributed by atoms with van der Waals surface area (Å²) in [5, 5.41) is 9.51. The Kier molecular flexibility index (Phi) is 6.32. The minimum atomic E-state index is -0.633. The fourth-order valence-corrected chi connectivity index (χ4v) is 3.69. The quantitative estimate of drug-likeness (QED) is 0.278. The Morgan fingerprint density at radius 1 is 1.08 bits per heavy atom. The van der Waals surface area contributed by atoms with Crippen LogP contribution in [0.3, 0.4) is 0 Å². The summed E-state index contributed by atoms with van der Waals surface area (Å²) >= 11 is 0. The number of aromatic nitrogens is 4. The van der Waals surface area contributed by atoms with E-state index in [2.05, 4.69) is 30.9 Å². The van der Waals surface area contributed by atoms with Crippen LogP contribution in [0.1, 0.15) is 50.5 Å². The first-order chi connectivity index (χ1) is 17.7. The maximum absolute atomic E-state index is 12.6. The number of nitrogens with zero attached hydrogens (tertiary/aromatic N) is 4. The molecule has 10 nitrogen and oxygen atoms in total. The molecule has 1 aliphatic carbocycles. The van der Waals surface area contributed by atoms with Crippen molar-refractivity contribution in [1.82, 2.24) is 19.5 Å². The van der Waals surface area contributed by atoms with Gasteiger partial charge in [0, 0.05) is 46.9 Å². The highest BCUT2D eigenvalue weighted by Crippen LogP contribution is 2.32. The third kappa shape index (κ3) is 5.74. The van der Waals surface area contributed by atoms with Crippen molar-refractivity contribution in [3.05, 3.63) is 65.9 Å². The van der Waals surface area contributed by atoms with Gasteiger partial charge >= 0.3 is 6.09 Å². The first-order valence-electron chi connectivity index (χ1n) is 12.3. The number of hydrogen-bond donors (Lipinski definition) is 3. The Bertz CT molecular complexity index is 1430. The molecule has 1 fully saturated rings. The summed E-state index contributed by atoms with van der Waals surface area (Å²) in [6.45, 7) is 9.93. The van der Waals surface area contributed by atoms with Gasteiger partial charge in [0.15, 0.2) is 0 Å².